The van der Waals surface area contributed by atoms with Gasteiger partial charge < -0.3 is 9.15 Å². The molecule has 24 heavy (non-hydrogen) atoms. The summed E-state index contributed by atoms with van der Waals surface area (Å²) in [4.78, 5) is 12.0. The Labute approximate surface area is 141 Å². The van der Waals surface area contributed by atoms with Gasteiger partial charge in [-0.25, -0.2) is 13.2 Å². The van der Waals surface area contributed by atoms with Crippen LogP contribution in [0.25, 0.3) is 0 Å². The molecule has 0 saturated heterocycles. The van der Waals surface area contributed by atoms with Gasteiger partial charge in [-0.1, -0.05) is 20.8 Å². The van der Waals surface area contributed by atoms with Gasteiger partial charge in [-0.15, -0.1) is 5.10 Å². The van der Waals surface area contributed by atoms with E-state index in [1.165, 1.54) is 16.8 Å². The summed E-state index contributed by atoms with van der Waals surface area (Å²) in [5.41, 5.74) is -0.317. The molecule has 0 fully saturated rings. The highest BCUT2D eigenvalue weighted by molar-refractivity contribution is 7.90. The van der Waals surface area contributed by atoms with Crippen LogP contribution in [-0.2, 0) is 21.8 Å². The van der Waals surface area contributed by atoms with Crippen LogP contribution in [0, 0.1) is 0 Å². The fraction of sp³-hybridized carbons (Fsp3) is 0.500. The number of ether oxygens (including phenoxy) is 1. The molecule has 0 radical (unpaired) electrons. The van der Waals surface area contributed by atoms with Crippen molar-refractivity contribution in [3.63, 3.8) is 0 Å². The Balaban J connectivity index is 1.87. The predicted molar refractivity (Wildman–Crippen MR) is 89.1 cm³/mol. The number of sulfone groups is 1. The molecule has 0 unspecified atom stereocenters. The normalized spacial score (nSPS) is 12.3. The van der Waals surface area contributed by atoms with Crippen molar-refractivity contribution in [1.29, 1.82) is 0 Å². The number of aryl methyl sites for hydroxylation is 1. The molecule has 132 valence electrons. The molecule has 0 spiro atoms. The molecule has 1 aromatic heterocycles. The first kappa shape index (κ1) is 18.3. The molecule has 0 amide bonds. The van der Waals surface area contributed by atoms with E-state index < -0.39 is 15.6 Å². The van der Waals surface area contributed by atoms with E-state index in [9.17, 15) is 13.2 Å². The summed E-state index contributed by atoms with van der Waals surface area (Å²) in [7, 11) is -3.21. The summed E-state index contributed by atoms with van der Waals surface area (Å²) in [5, 5.41) is 4.18. The van der Waals surface area contributed by atoms with Crippen molar-refractivity contribution in [2.75, 3.05) is 12.9 Å². The lowest BCUT2D eigenvalue weighted by atomic mass is 9.97. The topological polar surface area (TPSA) is 91.4 Å². The maximum atomic E-state index is 11.7. The molecule has 0 aliphatic heterocycles. The second-order valence-corrected chi connectivity index (χ2v) is 8.61. The molecule has 2 rings (SSSR count). The molecule has 7 nitrogen and oxygen atoms in total. The summed E-state index contributed by atoms with van der Waals surface area (Å²) >= 11 is 0. The van der Waals surface area contributed by atoms with Gasteiger partial charge in [-0.05, 0) is 24.3 Å². The molecule has 0 saturated carbocycles. The Morgan fingerprint density at radius 2 is 1.83 bits per heavy atom. The smallest absolute Gasteiger partial charge is 0.437 e. The average Bonchev–Trinajstić information content (AvgIpc) is 2.85. The van der Waals surface area contributed by atoms with E-state index in [1.807, 2.05) is 20.8 Å². The SMILES string of the molecule is CC(C)(C)c1nn(CCCOc2ccc(S(C)(=O)=O)cc2)c(=O)o1. The van der Waals surface area contributed by atoms with E-state index in [1.54, 1.807) is 12.1 Å². The fourth-order valence-electron chi connectivity index (χ4n) is 1.94. The minimum Gasteiger partial charge on any atom is -0.494 e. The third-order valence-electron chi connectivity index (χ3n) is 3.28. The molecule has 1 aromatic carbocycles. The van der Waals surface area contributed by atoms with Crippen molar-refractivity contribution >= 4 is 9.84 Å². The first-order valence-corrected chi connectivity index (χ1v) is 9.48. The average molecular weight is 354 g/mol. The number of hydrogen-bond acceptors (Lipinski definition) is 6. The number of rotatable bonds is 6. The predicted octanol–water partition coefficient (Wildman–Crippen LogP) is 2.01. The van der Waals surface area contributed by atoms with E-state index in [0.29, 0.717) is 31.2 Å². The minimum absolute atomic E-state index is 0.249. The van der Waals surface area contributed by atoms with Crippen molar-refractivity contribution in [2.45, 2.75) is 44.0 Å². The van der Waals surface area contributed by atoms with Crippen LogP contribution in [-0.4, -0.2) is 31.1 Å². The van der Waals surface area contributed by atoms with Gasteiger partial charge in [0.25, 0.3) is 0 Å². The third-order valence-corrected chi connectivity index (χ3v) is 4.41. The van der Waals surface area contributed by atoms with Gasteiger partial charge in [-0.2, -0.15) is 4.68 Å². The lowest BCUT2D eigenvalue weighted by Crippen LogP contribution is -2.18. The number of benzene rings is 1. The zero-order valence-electron chi connectivity index (χ0n) is 14.3. The Kier molecular flexibility index (Phi) is 5.17. The minimum atomic E-state index is -3.21. The van der Waals surface area contributed by atoms with Crippen LogP contribution in [0.5, 0.6) is 5.75 Å². The van der Waals surface area contributed by atoms with Crippen LogP contribution in [0.4, 0.5) is 0 Å². The van der Waals surface area contributed by atoms with Crippen LogP contribution in [0.15, 0.2) is 38.4 Å². The van der Waals surface area contributed by atoms with Crippen LogP contribution < -0.4 is 10.5 Å². The molecule has 1 heterocycles. The number of hydrogen-bond donors (Lipinski definition) is 0. The highest BCUT2D eigenvalue weighted by Gasteiger charge is 2.22. The molecular weight excluding hydrogens is 332 g/mol. The second kappa shape index (κ2) is 6.80. The molecular formula is C16H22N2O5S. The summed E-state index contributed by atoms with van der Waals surface area (Å²) in [5.74, 6) is 0.507. The Hall–Kier alpha value is -2.09. The van der Waals surface area contributed by atoms with Gasteiger partial charge in [0.1, 0.15) is 5.75 Å². The summed E-state index contributed by atoms with van der Waals surface area (Å²) in [6.07, 6.45) is 1.73. The van der Waals surface area contributed by atoms with Crippen LogP contribution >= 0.6 is 0 Å². The van der Waals surface area contributed by atoms with E-state index in [4.69, 9.17) is 9.15 Å². The van der Waals surface area contributed by atoms with E-state index in [0.717, 1.165) is 6.26 Å². The van der Waals surface area contributed by atoms with Gasteiger partial charge in [0.15, 0.2) is 9.84 Å². The summed E-state index contributed by atoms with van der Waals surface area (Å²) < 4.78 is 34.7. The maximum Gasteiger partial charge on any atom is 0.437 e. The standard InChI is InChI=1S/C16H22N2O5S/c1-16(2,3)14-17-18(15(19)23-14)10-5-11-22-12-6-8-13(9-7-12)24(4,20)21/h6-9H,5,10-11H2,1-4H3. The van der Waals surface area contributed by atoms with Crippen LogP contribution in [0.2, 0.25) is 0 Å². The lowest BCUT2D eigenvalue weighted by Gasteiger charge is -2.10. The van der Waals surface area contributed by atoms with E-state index in [-0.39, 0.29) is 10.3 Å². The number of aromatic nitrogens is 2. The van der Waals surface area contributed by atoms with Crippen molar-refractivity contribution in [3.05, 3.63) is 40.7 Å². The lowest BCUT2D eigenvalue weighted by molar-refractivity contribution is 0.295. The van der Waals surface area contributed by atoms with Crippen molar-refractivity contribution in [1.82, 2.24) is 9.78 Å². The van der Waals surface area contributed by atoms with Gasteiger partial charge in [-0.3, -0.25) is 0 Å². The molecule has 0 aliphatic carbocycles. The zero-order chi connectivity index (χ0) is 18.0. The maximum absolute atomic E-state index is 11.7. The van der Waals surface area contributed by atoms with Gasteiger partial charge in [0.05, 0.1) is 18.0 Å². The molecule has 0 atom stereocenters. The molecule has 2 aromatic rings. The number of nitrogens with zero attached hydrogens (tertiary/aromatic N) is 2. The van der Waals surface area contributed by atoms with Crippen LogP contribution in [0.1, 0.15) is 33.1 Å². The van der Waals surface area contributed by atoms with Crippen molar-refractivity contribution in [2.24, 2.45) is 0 Å². The fourth-order valence-corrected chi connectivity index (χ4v) is 2.57. The monoisotopic (exact) mass is 354 g/mol. The van der Waals surface area contributed by atoms with Gasteiger partial charge in [0, 0.05) is 18.1 Å². The summed E-state index contributed by atoms with van der Waals surface area (Å²) in [6.45, 7) is 6.53. The second-order valence-electron chi connectivity index (χ2n) is 6.59. The van der Waals surface area contributed by atoms with Gasteiger partial charge in [0.2, 0.25) is 5.89 Å². The molecule has 0 bridgehead atoms. The molecule has 0 N–H and O–H groups in total. The van der Waals surface area contributed by atoms with Gasteiger partial charge >= 0.3 is 5.76 Å². The Morgan fingerprint density at radius 3 is 2.33 bits per heavy atom. The Bertz CT molecular complexity index is 842. The zero-order valence-corrected chi connectivity index (χ0v) is 15.1. The Morgan fingerprint density at radius 1 is 1.21 bits per heavy atom. The van der Waals surface area contributed by atoms with E-state index >= 15 is 0 Å². The molecule has 0 aliphatic rings. The highest BCUT2D eigenvalue weighted by Crippen LogP contribution is 2.18. The first-order chi connectivity index (χ1) is 11.1. The van der Waals surface area contributed by atoms with Crippen molar-refractivity contribution < 1.29 is 17.6 Å². The van der Waals surface area contributed by atoms with E-state index in [2.05, 4.69) is 5.10 Å². The summed E-state index contributed by atoms with van der Waals surface area (Å²) in [6, 6.07) is 6.22. The van der Waals surface area contributed by atoms with Crippen molar-refractivity contribution in [3.8, 4) is 5.75 Å². The quantitative estimate of drug-likeness (QED) is 0.737. The molecule has 8 heteroatoms. The highest BCUT2D eigenvalue weighted by atomic mass is 32.2. The van der Waals surface area contributed by atoms with Crippen LogP contribution in [0.3, 0.4) is 0 Å². The first-order valence-electron chi connectivity index (χ1n) is 7.59. The third kappa shape index (κ3) is 4.70. The largest absolute Gasteiger partial charge is 0.494 e.